The molecule has 6 heteroatoms. The predicted octanol–water partition coefficient (Wildman–Crippen LogP) is 4.12. The molecule has 0 aromatic heterocycles. The highest BCUT2D eigenvalue weighted by Gasteiger charge is 2.41. The van der Waals surface area contributed by atoms with Crippen molar-refractivity contribution in [2.75, 3.05) is 26.7 Å². The second-order valence-corrected chi connectivity index (χ2v) is 8.30. The van der Waals surface area contributed by atoms with Crippen LogP contribution in [-0.4, -0.2) is 37.8 Å². The van der Waals surface area contributed by atoms with Crippen molar-refractivity contribution in [3.05, 3.63) is 41.5 Å². The van der Waals surface area contributed by atoms with Gasteiger partial charge in [0.2, 0.25) is 13.6 Å². The van der Waals surface area contributed by atoms with Gasteiger partial charge in [-0.3, -0.25) is 4.90 Å². The number of hydrogen-bond donors (Lipinski definition) is 0. The first-order valence-corrected chi connectivity index (χ1v) is 10.5. The molecule has 1 saturated heterocycles. The Morgan fingerprint density at radius 1 is 0.759 bits per heavy atom. The molecule has 4 heterocycles. The topological polar surface area (TPSA) is 49.4 Å². The minimum absolute atomic E-state index is 0.0404. The lowest BCUT2D eigenvalue weighted by molar-refractivity contribution is -0.0403. The Morgan fingerprint density at radius 2 is 1.45 bits per heavy atom. The van der Waals surface area contributed by atoms with E-state index in [-0.39, 0.29) is 31.6 Å². The zero-order valence-electron chi connectivity index (χ0n) is 16.6. The minimum atomic E-state index is 0.0404. The van der Waals surface area contributed by atoms with E-state index in [0.29, 0.717) is 0 Å². The maximum Gasteiger partial charge on any atom is 0.231 e. The molecule has 0 amide bonds. The molecule has 0 spiro atoms. The van der Waals surface area contributed by atoms with Crippen LogP contribution in [0.3, 0.4) is 0 Å². The first-order valence-electron chi connectivity index (χ1n) is 10.5. The average Bonchev–Trinajstić information content (AvgIpc) is 3.41. The number of piperidine rings is 1. The summed E-state index contributed by atoms with van der Waals surface area (Å²) in [7, 11) is 0. The Bertz CT molecular complexity index is 939. The van der Waals surface area contributed by atoms with E-state index in [1.807, 2.05) is 12.1 Å². The van der Waals surface area contributed by atoms with Gasteiger partial charge in [0.15, 0.2) is 29.2 Å². The van der Waals surface area contributed by atoms with Crippen LogP contribution in [0.1, 0.15) is 43.2 Å². The maximum absolute atomic E-state index is 6.59. The molecule has 2 aromatic carbocycles. The van der Waals surface area contributed by atoms with Crippen molar-refractivity contribution >= 4 is 0 Å². The molecule has 6 nitrogen and oxygen atoms in total. The summed E-state index contributed by atoms with van der Waals surface area (Å²) in [5, 5.41) is 0. The number of hydrogen-bond acceptors (Lipinski definition) is 6. The third-order valence-electron chi connectivity index (χ3n) is 6.57. The molecule has 4 aliphatic rings. The molecule has 4 aliphatic heterocycles. The average molecular weight is 395 g/mol. The number of rotatable bonds is 2. The monoisotopic (exact) mass is 395 g/mol. The van der Waals surface area contributed by atoms with Crippen LogP contribution in [0, 0.1) is 5.92 Å². The minimum Gasteiger partial charge on any atom is -0.474 e. The van der Waals surface area contributed by atoms with Gasteiger partial charge in [0.25, 0.3) is 0 Å². The predicted molar refractivity (Wildman–Crippen MR) is 106 cm³/mol. The molecular formula is C23H25NO5. The van der Waals surface area contributed by atoms with Gasteiger partial charge >= 0.3 is 0 Å². The highest BCUT2D eigenvalue weighted by molar-refractivity contribution is 5.57. The summed E-state index contributed by atoms with van der Waals surface area (Å²) in [6.45, 7) is 5.01. The summed E-state index contributed by atoms with van der Waals surface area (Å²) in [4.78, 5) is 2.50. The normalized spacial score (nSPS) is 27.4. The summed E-state index contributed by atoms with van der Waals surface area (Å²) >= 11 is 0. The Hall–Kier alpha value is -2.60. The summed E-state index contributed by atoms with van der Waals surface area (Å²) in [5.74, 6) is 4.54. The van der Waals surface area contributed by atoms with Crippen molar-refractivity contribution in [2.45, 2.75) is 38.3 Å². The number of nitrogens with zero attached hydrogens (tertiary/aromatic N) is 1. The molecule has 152 valence electrons. The molecule has 0 N–H and O–H groups in total. The molecule has 3 atom stereocenters. The summed E-state index contributed by atoms with van der Waals surface area (Å²) < 4.78 is 29.1. The van der Waals surface area contributed by atoms with Crippen LogP contribution in [0.4, 0.5) is 0 Å². The Balaban J connectivity index is 1.45. The highest BCUT2D eigenvalue weighted by atomic mass is 16.7. The van der Waals surface area contributed by atoms with Crippen molar-refractivity contribution in [1.82, 2.24) is 4.90 Å². The van der Waals surface area contributed by atoms with Crippen molar-refractivity contribution in [1.29, 1.82) is 0 Å². The molecule has 2 aromatic rings. The molecule has 0 bridgehead atoms. The van der Waals surface area contributed by atoms with Crippen LogP contribution >= 0.6 is 0 Å². The zero-order chi connectivity index (χ0) is 19.4. The lowest BCUT2D eigenvalue weighted by Gasteiger charge is -2.44. The highest BCUT2D eigenvalue weighted by Crippen LogP contribution is 2.51. The van der Waals surface area contributed by atoms with Gasteiger partial charge < -0.3 is 23.7 Å². The molecule has 29 heavy (non-hydrogen) atoms. The van der Waals surface area contributed by atoms with Crippen LogP contribution in [0.2, 0.25) is 0 Å². The molecule has 0 aliphatic carbocycles. The van der Waals surface area contributed by atoms with Gasteiger partial charge in [-0.25, -0.2) is 0 Å². The number of likely N-dealkylation sites (tertiary alicyclic amines) is 1. The van der Waals surface area contributed by atoms with Gasteiger partial charge in [0, 0.05) is 36.6 Å². The fourth-order valence-corrected chi connectivity index (χ4v) is 5.14. The van der Waals surface area contributed by atoms with Crippen LogP contribution in [-0.2, 0) is 0 Å². The number of ether oxygens (including phenoxy) is 5. The quantitative estimate of drug-likeness (QED) is 0.763. The van der Waals surface area contributed by atoms with Gasteiger partial charge in [-0.15, -0.1) is 0 Å². The second-order valence-electron chi connectivity index (χ2n) is 8.30. The van der Waals surface area contributed by atoms with E-state index in [9.17, 15) is 0 Å². The Morgan fingerprint density at radius 3 is 2.24 bits per heavy atom. The molecule has 6 rings (SSSR count). The lowest BCUT2D eigenvalue weighted by atomic mass is 9.77. The fraction of sp³-hybridized carbons (Fsp3) is 0.478. The van der Waals surface area contributed by atoms with Crippen LogP contribution in [0.15, 0.2) is 30.3 Å². The van der Waals surface area contributed by atoms with Crippen molar-refractivity contribution in [3.63, 3.8) is 0 Å². The third kappa shape index (κ3) is 2.81. The summed E-state index contributed by atoms with van der Waals surface area (Å²) in [6.07, 6.45) is 3.81. The van der Waals surface area contributed by atoms with Crippen molar-refractivity contribution < 1.29 is 23.7 Å². The van der Waals surface area contributed by atoms with E-state index in [2.05, 4.69) is 30.0 Å². The van der Waals surface area contributed by atoms with E-state index in [0.717, 1.165) is 47.4 Å². The van der Waals surface area contributed by atoms with E-state index < -0.39 is 0 Å². The van der Waals surface area contributed by atoms with Gasteiger partial charge in [-0.05, 0) is 36.6 Å². The van der Waals surface area contributed by atoms with Gasteiger partial charge in [-0.1, -0.05) is 19.4 Å². The first-order chi connectivity index (χ1) is 14.3. The Labute approximate surface area is 170 Å². The molecular weight excluding hydrogens is 370 g/mol. The molecule has 0 saturated carbocycles. The smallest absolute Gasteiger partial charge is 0.231 e. The second kappa shape index (κ2) is 6.73. The van der Waals surface area contributed by atoms with E-state index in [1.54, 1.807) is 0 Å². The number of fused-ring (bicyclic) bond motifs is 3. The van der Waals surface area contributed by atoms with Gasteiger partial charge in [-0.2, -0.15) is 0 Å². The first kappa shape index (κ1) is 17.3. The maximum atomic E-state index is 6.59. The Kier molecular flexibility index (Phi) is 4.01. The van der Waals surface area contributed by atoms with E-state index in [1.165, 1.54) is 24.8 Å². The number of benzene rings is 2. The fourth-order valence-electron chi connectivity index (χ4n) is 5.14. The van der Waals surface area contributed by atoms with E-state index in [4.69, 9.17) is 23.7 Å². The zero-order valence-corrected chi connectivity index (χ0v) is 16.6. The molecule has 0 radical (unpaired) electrons. The van der Waals surface area contributed by atoms with E-state index >= 15 is 0 Å². The van der Waals surface area contributed by atoms with Gasteiger partial charge in [0.1, 0.15) is 5.75 Å². The van der Waals surface area contributed by atoms with Crippen molar-refractivity contribution in [2.24, 2.45) is 5.92 Å². The summed E-state index contributed by atoms with van der Waals surface area (Å²) in [6, 6.07) is 10.4. The lowest BCUT2D eigenvalue weighted by Crippen LogP contribution is -2.50. The molecule has 1 fully saturated rings. The van der Waals surface area contributed by atoms with Crippen LogP contribution in [0.25, 0.3) is 0 Å². The van der Waals surface area contributed by atoms with Crippen LogP contribution in [0.5, 0.6) is 28.7 Å². The SMILES string of the molecule is C[C@H]1[C@@H](c2ccc3c(c2)OCO3)c2cc3c(cc2O[C@@H]1N1CCCCC1)OCO3. The summed E-state index contributed by atoms with van der Waals surface area (Å²) in [5.41, 5.74) is 2.36. The molecule has 0 unspecified atom stereocenters. The third-order valence-corrected chi connectivity index (χ3v) is 6.57. The standard InChI is InChI=1S/C23H25NO5/c1-14-22(15-5-6-17-19(9-15)26-12-25-17)16-10-20-21(28-13-27-20)11-18(16)29-23(14)24-7-3-2-4-8-24/h5-6,9-11,14,22-23H,2-4,7-8,12-13H2,1H3/t14-,22-,23-/m0/s1. The van der Waals surface area contributed by atoms with Crippen molar-refractivity contribution in [3.8, 4) is 28.7 Å². The van der Waals surface area contributed by atoms with Crippen LogP contribution < -0.4 is 23.7 Å². The van der Waals surface area contributed by atoms with Gasteiger partial charge in [0.05, 0.1) is 0 Å². The largest absolute Gasteiger partial charge is 0.474 e.